The van der Waals surface area contributed by atoms with Gasteiger partial charge in [0.1, 0.15) is 0 Å². The summed E-state index contributed by atoms with van der Waals surface area (Å²) in [6.45, 7) is 0.367. The third-order valence-corrected chi connectivity index (χ3v) is 1.99. The summed E-state index contributed by atoms with van der Waals surface area (Å²) in [5.74, 6) is -1.44. The molecule has 0 radical (unpaired) electrons. The van der Waals surface area contributed by atoms with E-state index >= 15 is 0 Å². The molecule has 16 heavy (non-hydrogen) atoms. The lowest BCUT2D eigenvalue weighted by Crippen LogP contribution is -2.16. The van der Waals surface area contributed by atoms with E-state index in [2.05, 4.69) is 5.32 Å². The fourth-order valence-corrected chi connectivity index (χ4v) is 1.18. The summed E-state index contributed by atoms with van der Waals surface area (Å²) >= 11 is 0. The van der Waals surface area contributed by atoms with Crippen molar-refractivity contribution in [2.24, 2.45) is 5.73 Å². The van der Waals surface area contributed by atoms with Gasteiger partial charge in [-0.05, 0) is 18.2 Å². The summed E-state index contributed by atoms with van der Waals surface area (Å²) in [4.78, 5) is 21.1. The first-order chi connectivity index (χ1) is 7.50. The molecule has 0 aromatic heterocycles. The molecule has 86 valence electrons. The fraction of sp³-hybridized carbons (Fsp3) is 0.200. The number of carboxylic acid groups (broad SMARTS) is 1. The van der Waals surface area contributed by atoms with Crippen LogP contribution in [-0.4, -0.2) is 23.5 Å². The lowest BCUT2D eigenvalue weighted by atomic mass is 10.1. The summed E-state index contributed by atoms with van der Waals surface area (Å²) in [6, 6.07) is 4.35. The standard InChI is InChI=1S/C10H13N3O3/c11-7-5-6(10(15)16)1-2-8(7)13-4-3-9(12)14/h1-2,5,13H,3-4,11H2,(H2,12,14)(H,15,16). The van der Waals surface area contributed by atoms with Gasteiger partial charge in [-0.15, -0.1) is 0 Å². The highest BCUT2D eigenvalue weighted by molar-refractivity contribution is 5.90. The molecule has 1 amide bonds. The number of primary amides is 1. The van der Waals surface area contributed by atoms with Gasteiger partial charge in [-0.3, -0.25) is 4.79 Å². The lowest BCUT2D eigenvalue weighted by Gasteiger charge is -2.08. The van der Waals surface area contributed by atoms with Crippen LogP contribution in [0.3, 0.4) is 0 Å². The van der Waals surface area contributed by atoms with Crippen molar-refractivity contribution >= 4 is 23.3 Å². The Balaban J connectivity index is 2.68. The molecule has 0 spiro atoms. The Kier molecular flexibility index (Phi) is 3.71. The Morgan fingerprint density at radius 3 is 2.56 bits per heavy atom. The predicted octanol–water partition coefficient (Wildman–Crippen LogP) is 0.254. The summed E-state index contributed by atoms with van der Waals surface area (Å²) in [6.07, 6.45) is 0.195. The maximum atomic E-state index is 10.6. The van der Waals surface area contributed by atoms with Gasteiger partial charge >= 0.3 is 5.97 Å². The van der Waals surface area contributed by atoms with E-state index in [1.807, 2.05) is 0 Å². The number of nitrogens with one attached hydrogen (secondary N) is 1. The van der Waals surface area contributed by atoms with Crippen molar-refractivity contribution in [3.63, 3.8) is 0 Å². The van der Waals surface area contributed by atoms with Gasteiger partial charge in [-0.2, -0.15) is 0 Å². The van der Waals surface area contributed by atoms with Gasteiger partial charge < -0.3 is 21.9 Å². The van der Waals surface area contributed by atoms with Gasteiger partial charge in [0.25, 0.3) is 0 Å². The minimum Gasteiger partial charge on any atom is -0.478 e. The van der Waals surface area contributed by atoms with Crippen molar-refractivity contribution < 1.29 is 14.7 Å². The van der Waals surface area contributed by atoms with Crippen LogP contribution in [0.15, 0.2) is 18.2 Å². The number of hydrogen-bond acceptors (Lipinski definition) is 4. The molecule has 6 heteroatoms. The van der Waals surface area contributed by atoms with Crippen LogP contribution >= 0.6 is 0 Å². The summed E-state index contributed by atoms with van der Waals surface area (Å²) < 4.78 is 0. The molecule has 0 aliphatic rings. The average Bonchev–Trinajstić information content (AvgIpc) is 2.19. The molecule has 6 nitrogen and oxygen atoms in total. The number of aromatic carboxylic acids is 1. The Hall–Kier alpha value is -2.24. The number of hydrogen-bond donors (Lipinski definition) is 4. The molecule has 0 aliphatic heterocycles. The maximum Gasteiger partial charge on any atom is 0.335 e. The highest BCUT2D eigenvalue weighted by Crippen LogP contribution is 2.19. The van der Waals surface area contributed by atoms with Crippen molar-refractivity contribution in [2.75, 3.05) is 17.6 Å². The lowest BCUT2D eigenvalue weighted by molar-refractivity contribution is -0.117. The van der Waals surface area contributed by atoms with Gasteiger partial charge in [0.05, 0.1) is 16.9 Å². The molecular formula is C10H13N3O3. The van der Waals surface area contributed by atoms with E-state index in [1.165, 1.54) is 12.1 Å². The Morgan fingerprint density at radius 2 is 2.06 bits per heavy atom. The van der Waals surface area contributed by atoms with Gasteiger partial charge in [-0.1, -0.05) is 0 Å². The third kappa shape index (κ3) is 3.16. The minimum atomic E-state index is -1.03. The molecular weight excluding hydrogens is 210 g/mol. The van der Waals surface area contributed by atoms with Crippen molar-refractivity contribution in [1.29, 1.82) is 0 Å². The van der Waals surface area contributed by atoms with Crippen molar-refractivity contribution in [3.8, 4) is 0 Å². The zero-order valence-electron chi connectivity index (χ0n) is 8.56. The molecule has 0 heterocycles. The predicted molar refractivity (Wildman–Crippen MR) is 60.1 cm³/mol. The van der Waals surface area contributed by atoms with E-state index in [-0.39, 0.29) is 12.0 Å². The summed E-state index contributed by atoms with van der Waals surface area (Å²) in [5, 5.41) is 11.6. The van der Waals surface area contributed by atoms with Crippen LogP contribution in [-0.2, 0) is 4.79 Å². The first-order valence-corrected chi connectivity index (χ1v) is 4.65. The zero-order chi connectivity index (χ0) is 12.1. The largest absolute Gasteiger partial charge is 0.478 e. The first kappa shape index (κ1) is 11.8. The second-order valence-corrected chi connectivity index (χ2v) is 3.25. The normalized spacial score (nSPS) is 9.75. The minimum absolute atomic E-state index is 0.123. The second-order valence-electron chi connectivity index (χ2n) is 3.25. The number of amides is 1. The third-order valence-electron chi connectivity index (χ3n) is 1.99. The molecule has 0 fully saturated rings. The van der Waals surface area contributed by atoms with Crippen molar-refractivity contribution in [1.82, 2.24) is 0 Å². The van der Waals surface area contributed by atoms with Crippen LogP contribution < -0.4 is 16.8 Å². The van der Waals surface area contributed by atoms with Crippen LogP contribution in [0.2, 0.25) is 0 Å². The van der Waals surface area contributed by atoms with E-state index in [0.29, 0.717) is 17.9 Å². The fourth-order valence-electron chi connectivity index (χ4n) is 1.18. The molecule has 0 bridgehead atoms. The number of carboxylic acids is 1. The number of carbonyl (C=O) groups is 2. The quantitative estimate of drug-likeness (QED) is 0.534. The van der Waals surface area contributed by atoms with E-state index < -0.39 is 11.9 Å². The molecule has 0 saturated carbocycles. The van der Waals surface area contributed by atoms with E-state index in [0.717, 1.165) is 0 Å². The smallest absolute Gasteiger partial charge is 0.335 e. The Morgan fingerprint density at radius 1 is 1.38 bits per heavy atom. The molecule has 1 rings (SSSR count). The molecule has 0 aliphatic carbocycles. The zero-order valence-corrected chi connectivity index (χ0v) is 8.56. The number of nitrogens with two attached hydrogens (primary N) is 2. The molecule has 6 N–H and O–H groups in total. The van der Waals surface area contributed by atoms with Crippen LogP contribution in [0.25, 0.3) is 0 Å². The second kappa shape index (κ2) is 5.01. The summed E-state index contributed by atoms with van der Waals surface area (Å²) in [5.41, 5.74) is 11.6. The highest BCUT2D eigenvalue weighted by Gasteiger charge is 2.05. The number of rotatable bonds is 5. The van der Waals surface area contributed by atoms with Crippen LogP contribution in [0.4, 0.5) is 11.4 Å². The molecule has 0 saturated heterocycles. The number of anilines is 2. The van der Waals surface area contributed by atoms with Crippen LogP contribution in [0, 0.1) is 0 Å². The number of nitrogen functional groups attached to an aromatic ring is 1. The maximum absolute atomic E-state index is 10.6. The first-order valence-electron chi connectivity index (χ1n) is 4.65. The van der Waals surface area contributed by atoms with Gasteiger partial charge in [0.2, 0.25) is 5.91 Å². The average molecular weight is 223 g/mol. The van der Waals surface area contributed by atoms with E-state index in [4.69, 9.17) is 16.6 Å². The molecule has 1 aromatic rings. The van der Waals surface area contributed by atoms with E-state index in [1.54, 1.807) is 6.07 Å². The van der Waals surface area contributed by atoms with Gasteiger partial charge in [0, 0.05) is 13.0 Å². The van der Waals surface area contributed by atoms with E-state index in [9.17, 15) is 9.59 Å². The van der Waals surface area contributed by atoms with Crippen LogP contribution in [0.5, 0.6) is 0 Å². The molecule has 0 unspecified atom stereocenters. The topological polar surface area (TPSA) is 118 Å². The number of carbonyl (C=O) groups excluding carboxylic acids is 1. The Labute approximate surface area is 92.2 Å². The number of benzene rings is 1. The molecule has 1 aromatic carbocycles. The Bertz CT molecular complexity index is 418. The summed E-state index contributed by atoms with van der Waals surface area (Å²) in [7, 11) is 0. The van der Waals surface area contributed by atoms with Gasteiger partial charge in [-0.25, -0.2) is 4.79 Å². The van der Waals surface area contributed by atoms with Crippen molar-refractivity contribution in [2.45, 2.75) is 6.42 Å². The van der Waals surface area contributed by atoms with Crippen molar-refractivity contribution in [3.05, 3.63) is 23.8 Å². The SMILES string of the molecule is NC(=O)CCNc1ccc(C(=O)O)cc1N. The van der Waals surface area contributed by atoms with Gasteiger partial charge in [0.15, 0.2) is 0 Å². The monoisotopic (exact) mass is 223 g/mol. The van der Waals surface area contributed by atoms with Crippen LogP contribution in [0.1, 0.15) is 16.8 Å². The molecule has 0 atom stereocenters. The highest BCUT2D eigenvalue weighted by atomic mass is 16.4.